The van der Waals surface area contributed by atoms with Gasteiger partial charge in [-0.15, -0.1) is 0 Å². The number of nitrogens with one attached hydrogen (secondary N) is 2. The van der Waals surface area contributed by atoms with E-state index in [9.17, 15) is 9.59 Å². The molecule has 8 nitrogen and oxygen atoms in total. The van der Waals surface area contributed by atoms with E-state index < -0.39 is 0 Å². The van der Waals surface area contributed by atoms with Crippen LogP contribution in [0.5, 0.6) is 0 Å². The van der Waals surface area contributed by atoms with E-state index in [1.54, 1.807) is 49.1 Å². The summed E-state index contributed by atoms with van der Waals surface area (Å²) in [6, 6.07) is 6.81. The summed E-state index contributed by atoms with van der Waals surface area (Å²) in [4.78, 5) is 33.0. The van der Waals surface area contributed by atoms with Crippen LogP contribution in [0.3, 0.4) is 0 Å². The lowest BCUT2D eigenvalue weighted by Gasteiger charge is -2.57. The molecular formula is C31H36N6O2. The quantitative estimate of drug-likeness (QED) is 0.528. The summed E-state index contributed by atoms with van der Waals surface area (Å²) in [5.41, 5.74) is 10.5. The Morgan fingerprint density at radius 1 is 0.769 bits per heavy atom. The molecule has 5 atom stereocenters. The van der Waals surface area contributed by atoms with E-state index in [0.717, 1.165) is 49.9 Å². The van der Waals surface area contributed by atoms with Crippen molar-refractivity contribution >= 4 is 23.2 Å². The number of hydrazone groups is 2. The zero-order chi connectivity index (χ0) is 27.0. The van der Waals surface area contributed by atoms with E-state index in [2.05, 4.69) is 45.8 Å². The molecule has 0 bridgehead atoms. The third-order valence-electron chi connectivity index (χ3n) is 10.2. The third kappa shape index (κ3) is 4.60. The molecule has 8 heteroatoms. The van der Waals surface area contributed by atoms with Gasteiger partial charge < -0.3 is 0 Å². The van der Waals surface area contributed by atoms with Crippen LogP contribution in [0, 0.1) is 28.6 Å². The van der Waals surface area contributed by atoms with Crippen LogP contribution >= 0.6 is 0 Å². The molecule has 3 fully saturated rings. The lowest BCUT2D eigenvalue weighted by atomic mass is 9.47. The smallest absolute Gasteiger partial charge is 0.267 e. The lowest BCUT2D eigenvalue weighted by molar-refractivity contribution is -0.0155. The summed E-state index contributed by atoms with van der Waals surface area (Å²) in [7, 11) is 0. The number of amides is 2. The van der Waals surface area contributed by atoms with Crippen molar-refractivity contribution in [2.24, 2.45) is 38.8 Å². The second-order valence-corrected chi connectivity index (χ2v) is 12.0. The number of pyridine rings is 2. The highest BCUT2D eigenvalue weighted by Gasteiger charge is 2.58. The Morgan fingerprint density at radius 2 is 1.38 bits per heavy atom. The number of carbonyl (C=O) groups is 2. The van der Waals surface area contributed by atoms with Gasteiger partial charge in [-0.1, -0.05) is 19.4 Å². The normalized spacial score (nSPS) is 33.5. The Labute approximate surface area is 229 Å². The topological polar surface area (TPSA) is 109 Å². The molecule has 2 N–H and O–H groups in total. The van der Waals surface area contributed by atoms with E-state index in [-0.39, 0.29) is 22.6 Å². The Kier molecular flexibility index (Phi) is 6.65. The Hall–Kier alpha value is -3.68. The fourth-order valence-electron chi connectivity index (χ4n) is 8.01. The SMILES string of the molecule is C[C@@]12CC[C@H]3[C@H](CCC4=CC(=NNC(=O)c5ccncc5)CC[C@@]43C)[C@H]1CCC2=NNC(=O)c1ccncc1. The second kappa shape index (κ2) is 10.1. The van der Waals surface area contributed by atoms with Gasteiger partial charge in [0, 0.05) is 47.0 Å². The molecule has 0 radical (unpaired) electrons. The maximum absolute atomic E-state index is 12.6. The minimum Gasteiger partial charge on any atom is -0.267 e. The number of allylic oxidation sites excluding steroid dienone is 2. The van der Waals surface area contributed by atoms with Crippen LogP contribution in [-0.2, 0) is 0 Å². The number of hydrogen-bond acceptors (Lipinski definition) is 6. The van der Waals surface area contributed by atoms with Crippen molar-refractivity contribution in [3.05, 3.63) is 71.8 Å². The summed E-state index contributed by atoms with van der Waals surface area (Å²) in [5, 5.41) is 9.17. The first-order valence-electron chi connectivity index (χ1n) is 14.1. The standard InChI is InChI=1S/C31H36N6O2/c1-30-13-7-23(34-36-28(38)20-9-15-32-16-10-20)19-22(30)3-4-24-25-5-6-27(31(25,2)14-8-26(24)30)35-37-29(39)21-11-17-33-18-12-21/h9-12,15-19,24-26H,3-8,13-14H2,1-2H3,(H,36,38)(H,37,39)/t24-,25-,26+,30+,31-/m1/s1. The second-order valence-electron chi connectivity index (χ2n) is 12.0. The summed E-state index contributed by atoms with van der Waals surface area (Å²) in [5.74, 6) is 1.53. The Morgan fingerprint density at radius 3 is 2.05 bits per heavy atom. The zero-order valence-electron chi connectivity index (χ0n) is 22.7. The average Bonchev–Trinajstić information content (AvgIpc) is 3.31. The third-order valence-corrected chi connectivity index (χ3v) is 10.2. The van der Waals surface area contributed by atoms with E-state index in [4.69, 9.17) is 5.10 Å². The number of rotatable bonds is 4. The number of aromatic nitrogens is 2. The monoisotopic (exact) mass is 524 g/mol. The van der Waals surface area contributed by atoms with Crippen molar-refractivity contribution < 1.29 is 9.59 Å². The first-order valence-corrected chi connectivity index (χ1v) is 14.1. The zero-order valence-corrected chi connectivity index (χ0v) is 22.7. The molecule has 6 rings (SSSR count). The summed E-state index contributed by atoms with van der Waals surface area (Å²) >= 11 is 0. The molecular weight excluding hydrogens is 488 g/mol. The van der Waals surface area contributed by atoms with Crippen molar-refractivity contribution in [3.63, 3.8) is 0 Å². The van der Waals surface area contributed by atoms with Crippen molar-refractivity contribution in [3.8, 4) is 0 Å². The maximum Gasteiger partial charge on any atom is 0.271 e. The molecule has 202 valence electrons. The minimum absolute atomic E-state index is 0.0444. The molecule has 3 saturated carbocycles. The first kappa shape index (κ1) is 25.6. The number of nitrogens with zero attached hydrogens (tertiary/aromatic N) is 4. The van der Waals surface area contributed by atoms with Gasteiger partial charge in [-0.3, -0.25) is 19.6 Å². The van der Waals surface area contributed by atoms with Gasteiger partial charge in [0.1, 0.15) is 0 Å². The molecule has 2 aromatic rings. The fourth-order valence-corrected chi connectivity index (χ4v) is 8.01. The van der Waals surface area contributed by atoms with Crippen LogP contribution in [0.4, 0.5) is 0 Å². The van der Waals surface area contributed by atoms with Crippen LogP contribution in [0.15, 0.2) is 70.9 Å². The van der Waals surface area contributed by atoms with Crippen LogP contribution in [-0.4, -0.2) is 33.2 Å². The van der Waals surface area contributed by atoms with E-state index in [1.165, 1.54) is 18.4 Å². The maximum atomic E-state index is 12.6. The van der Waals surface area contributed by atoms with Crippen LogP contribution in [0.25, 0.3) is 0 Å². The van der Waals surface area contributed by atoms with Gasteiger partial charge in [0.05, 0.1) is 5.71 Å². The molecule has 2 amide bonds. The highest BCUT2D eigenvalue weighted by Crippen LogP contribution is 2.64. The molecule has 0 aromatic carbocycles. The first-order chi connectivity index (χ1) is 18.9. The van der Waals surface area contributed by atoms with Gasteiger partial charge >= 0.3 is 0 Å². The van der Waals surface area contributed by atoms with Gasteiger partial charge in [-0.05, 0) is 105 Å². The van der Waals surface area contributed by atoms with Gasteiger partial charge in [0.2, 0.25) is 0 Å². The summed E-state index contributed by atoms with van der Waals surface area (Å²) in [6.07, 6.45) is 17.3. The molecule has 4 aliphatic carbocycles. The summed E-state index contributed by atoms with van der Waals surface area (Å²) in [6.45, 7) is 4.84. The van der Waals surface area contributed by atoms with Gasteiger partial charge in [-0.25, -0.2) is 10.9 Å². The Balaban J connectivity index is 1.15. The van der Waals surface area contributed by atoms with Crippen molar-refractivity contribution in [2.75, 3.05) is 0 Å². The molecule has 0 spiro atoms. The number of hydrogen-bond donors (Lipinski definition) is 2. The van der Waals surface area contributed by atoms with E-state index in [1.807, 2.05) is 0 Å². The number of fused-ring (bicyclic) bond motifs is 5. The minimum atomic E-state index is -0.206. The van der Waals surface area contributed by atoms with Crippen LogP contribution in [0.2, 0.25) is 0 Å². The van der Waals surface area contributed by atoms with Gasteiger partial charge in [0.15, 0.2) is 0 Å². The van der Waals surface area contributed by atoms with E-state index >= 15 is 0 Å². The van der Waals surface area contributed by atoms with E-state index in [0.29, 0.717) is 28.9 Å². The fraction of sp³-hybridized carbons (Fsp3) is 0.484. The highest BCUT2D eigenvalue weighted by molar-refractivity contribution is 6.00. The molecule has 0 saturated heterocycles. The van der Waals surface area contributed by atoms with Gasteiger partial charge in [-0.2, -0.15) is 10.2 Å². The summed E-state index contributed by atoms with van der Waals surface area (Å²) < 4.78 is 0. The largest absolute Gasteiger partial charge is 0.271 e. The lowest BCUT2D eigenvalue weighted by Crippen LogP contribution is -2.50. The molecule has 4 aliphatic rings. The molecule has 39 heavy (non-hydrogen) atoms. The van der Waals surface area contributed by atoms with Gasteiger partial charge in [0.25, 0.3) is 11.8 Å². The predicted octanol–water partition coefficient (Wildman–Crippen LogP) is 5.31. The van der Waals surface area contributed by atoms with Crippen molar-refractivity contribution in [1.29, 1.82) is 0 Å². The van der Waals surface area contributed by atoms with Crippen LogP contribution < -0.4 is 10.9 Å². The predicted molar refractivity (Wildman–Crippen MR) is 150 cm³/mol. The van der Waals surface area contributed by atoms with Crippen molar-refractivity contribution in [2.45, 2.75) is 65.2 Å². The van der Waals surface area contributed by atoms with Crippen LogP contribution in [0.1, 0.15) is 85.9 Å². The molecule has 0 unspecified atom stereocenters. The highest BCUT2D eigenvalue weighted by atomic mass is 16.2. The molecule has 2 heterocycles. The molecule has 2 aromatic heterocycles. The number of carbonyl (C=O) groups excluding carboxylic acids is 2. The average molecular weight is 525 g/mol. The molecule has 0 aliphatic heterocycles. The van der Waals surface area contributed by atoms with Crippen molar-refractivity contribution in [1.82, 2.24) is 20.8 Å². The Bertz CT molecular complexity index is 1350.